The van der Waals surface area contributed by atoms with E-state index in [0.29, 0.717) is 16.9 Å². The Labute approximate surface area is 175 Å². The van der Waals surface area contributed by atoms with Crippen molar-refractivity contribution in [2.75, 3.05) is 23.3 Å². The molecule has 1 aliphatic rings. The summed E-state index contributed by atoms with van der Waals surface area (Å²) in [5.74, 6) is 1.86. The lowest BCUT2D eigenvalue weighted by Crippen LogP contribution is -2.34. The first-order chi connectivity index (χ1) is 13.9. The second kappa shape index (κ2) is 7.91. The number of aromatic nitrogens is 4. The van der Waals surface area contributed by atoms with Gasteiger partial charge in [-0.15, -0.1) is 0 Å². The highest BCUT2D eigenvalue weighted by Gasteiger charge is 2.26. The molecule has 4 rings (SSSR count). The molecule has 1 aromatic carbocycles. The Morgan fingerprint density at radius 2 is 2.00 bits per heavy atom. The average Bonchev–Trinajstić information content (AvgIpc) is 3.24. The second-order valence-electron chi connectivity index (χ2n) is 7.57. The van der Waals surface area contributed by atoms with Crippen LogP contribution < -0.4 is 10.2 Å². The number of amides is 1. The van der Waals surface area contributed by atoms with E-state index in [1.165, 1.54) is 6.92 Å². The largest absolute Gasteiger partial charge is 0.356 e. The van der Waals surface area contributed by atoms with E-state index in [1.807, 2.05) is 42.8 Å². The van der Waals surface area contributed by atoms with E-state index in [2.05, 4.69) is 31.3 Å². The number of nitrogens with one attached hydrogen (secondary N) is 2. The molecule has 1 aliphatic heterocycles. The predicted octanol–water partition coefficient (Wildman–Crippen LogP) is 4.21. The van der Waals surface area contributed by atoms with Gasteiger partial charge in [-0.1, -0.05) is 17.7 Å². The van der Waals surface area contributed by atoms with Crippen LogP contribution in [0.5, 0.6) is 0 Å². The van der Waals surface area contributed by atoms with Crippen molar-refractivity contribution in [3.05, 3.63) is 52.4 Å². The topological polar surface area (TPSA) is 78.8 Å². The van der Waals surface area contributed by atoms with E-state index >= 15 is 0 Å². The van der Waals surface area contributed by atoms with Crippen LogP contribution in [0, 0.1) is 13.8 Å². The monoisotopic (exact) mass is 412 g/mol. The van der Waals surface area contributed by atoms with Crippen molar-refractivity contribution in [3.8, 4) is 5.69 Å². The smallest absolute Gasteiger partial charge is 0.223 e. The zero-order chi connectivity index (χ0) is 20.5. The van der Waals surface area contributed by atoms with Gasteiger partial charge >= 0.3 is 0 Å². The van der Waals surface area contributed by atoms with E-state index in [-0.39, 0.29) is 5.91 Å². The normalized spacial score (nSPS) is 15.0. The molecule has 0 spiro atoms. The maximum Gasteiger partial charge on any atom is 0.223 e. The van der Waals surface area contributed by atoms with E-state index in [1.54, 1.807) is 0 Å². The molecule has 3 aromatic rings. The first-order valence-electron chi connectivity index (χ1n) is 9.82. The summed E-state index contributed by atoms with van der Waals surface area (Å²) < 4.78 is 1.97. The summed E-state index contributed by atoms with van der Waals surface area (Å²) in [6, 6.07) is 9.88. The van der Waals surface area contributed by atoms with Gasteiger partial charge in [-0.2, -0.15) is 5.10 Å². The van der Waals surface area contributed by atoms with E-state index in [0.717, 1.165) is 54.5 Å². The number of rotatable bonds is 4. The van der Waals surface area contributed by atoms with Gasteiger partial charge in [-0.3, -0.25) is 10.1 Å². The maximum atomic E-state index is 11.3. The molecule has 2 N–H and O–H groups in total. The number of benzene rings is 1. The number of hydrogen-bond acceptors (Lipinski definition) is 4. The SMILES string of the molecule is CC(=O)Nc1nc(C2CCN(c3cc(C)nn3-c3cccc(Cl)c3)CC2)c(C)[nH]1. The third kappa shape index (κ3) is 4.15. The Morgan fingerprint density at radius 1 is 1.24 bits per heavy atom. The number of nitrogens with zero attached hydrogens (tertiary/aromatic N) is 4. The third-order valence-electron chi connectivity index (χ3n) is 5.29. The second-order valence-corrected chi connectivity index (χ2v) is 8.01. The minimum Gasteiger partial charge on any atom is -0.356 e. The molecule has 152 valence electrons. The molecule has 8 heteroatoms. The third-order valence-corrected chi connectivity index (χ3v) is 5.52. The predicted molar refractivity (Wildman–Crippen MR) is 115 cm³/mol. The fraction of sp³-hybridized carbons (Fsp3) is 0.381. The summed E-state index contributed by atoms with van der Waals surface area (Å²) >= 11 is 6.18. The van der Waals surface area contributed by atoms with Gasteiger partial charge in [0.15, 0.2) is 0 Å². The van der Waals surface area contributed by atoms with Gasteiger partial charge in [0.05, 0.1) is 17.1 Å². The van der Waals surface area contributed by atoms with E-state index in [4.69, 9.17) is 11.6 Å². The number of carbonyl (C=O) groups is 1. The molecule has 0 unspecified atom stereocenters. The Kier molecular flexibility index (Phi) is 5.32. The van der Waals surface area contributed by atoms with Gasteiger partial charge < -0.3 is 9.88 Å². The van der Waals surface area contributed by atoms with Crippen LogP contribution in [0.25, 0.3) is 5.69 Å². The molecule has 0 bridgehead atoms. The van der Waals surface area contributed by atoms with Gasteiger partial charge in [0.25, 0.3) is 0 Å². The van der Waals surface area contributed by atoms with Gasteiger partial charge in [0.1, 0.15) is 5.82 Å². The molecule has 1 amide bonds. The van der Waals surface area contributed by atoms with Crippen LogP contribution in [0.2, 0.25) is 5.02 Å². The van der Waals surface area contributed by atoms with Crippen LogP contribution in [0.3, 0.4) is 0 Å². The highest BCUT2D eigenvalue weighted by atomic mass is 35.5. The van der Waals surface area contributed by atoms with Crippen molar-refractivity contribution in [1.29, 1.82) is 0 Å². The Morgan fingerprint density at radius 3 is 2.69 bits per heavy atom. The van der Waals surface area contributed by atoms with E-state index < -0.39 is 0 Å². The number of H-pyrrole nitrogens is 1. The zero-order valence-corrected chi connectivity index (χ0v) is 17.6. The first kappa shape index (κ1) is 19.5. The molecule has 7 nitrogen and oxygen atoms in total. The summed E-state index contributed by atoms with van der Waals surface area (Å²) in [5.41, 5.74) is 4.01. The van der Waals surface area contributed by atoms with Gasteiger partial charge in [0.2, 0.25) is 11.9 Å². The number of anilines is 2. The van der Waals surface area contributed by atoms with Crippen molar-refractivity contribution >= 4 is 29.3 Å². The van der Waals surface area contributed by atoms with Crippen molar-refractivity contribution in [2.24, 2.45) is 0 Å². The minimum atomic E-state index is -0.121. The zero-order valence-electron chi connectivity index (χ0n) is 16.9. The fourth-order valence-corrected chi connectivity index (χ4v) is 4.17. The Hall–Kier alpha value is -2.80. The van der Waals surface area contributed by atoms with Crippen LogP contribution >= 0.6 is 11.6 Å². The molecule has 0 atom stereocenters. The lowest BCUT2D eigenvalue weighted by molar-refractivity contribution is -0.114. The van der Waals surface area contributed by atoms with Crippen LogP contribution in [-0.2, 0) is 4.79 Å². The highest BCUT2D eigenvalue weighted by molar-refractivity contribution is 6.30. The molecule has 0 radical (unpaired) electrons. The van der Waals surface area contributed by atoms with Gasteiger partial charge in [0, 0.05) is 42.7 Å². The summed E-state index contributed by atoms with van der Waals surface area (Å²) in [7, 11) is 0. The number of imidazole rings is 1. The average molecular weight is 413 g/mol. The number of hydrogen-bond donors (Lipinski definition) is 2. The van der Waals surface area contributed by atoms with Crippen LogP contribution in [-0.4, -0.2) is 38.7 Å². The number of aromatic amines is 1. The van der Waals surface area contributed by atoms with Crippen molar-refractivity contribution in [2.45, 2.75) is 39.5 Å². The highest BCUT2D eigenvalue weighted by Crippen LogP contribution is 2.33. The van der Waals surface area contributed by atoms with Gasteiger partial charge in [-0.25, -0.2) is 9.67 Å². The summed E-state index contributed by atoms with van der Waals surface area (Å²) in [4.78, 5) is 21.4. The molecule has 0 aliphatic carbocycles. The van der Waals surface area contributed by atoms with Crippen molar-refractivity contribution < 1.29 is 4.79 Å². The Balaban J connectivity index is 1.51. The fourth-order valence-electron chi connectivity index (χ4n) is 3.99. The van der Waals surface area contributed by atoms with Crippen molar-refractivity contribution in [1.82, 2.24) is 19.7 Å². The quantitative estimate of drug-likeness (QED) is 0.672. The maximum absolute atomic E-state index is 11.3. The van der Waals surface area contributed by atoms with Crippen LogP contribution in [0.15, 0.2) is 30.3 Å². The Bertz CT molecular complexity index is 1030. The number of aryl methyl sites for hydroxylation is 2. The standard InChI is InChI=1S/C21H25ClN6O/c1-13-11-19(28(26-13)18-6-4-5-17(22)12-18)27-9-7-16(8-10-27)20-14(2)23-21(25-20)24-15(3)29/h4-6,11-12,16H,7-10H2,1-3H3,(H2,23,24,25,29). The number of carbonyl (C=O) groups excluding carboxylic acids is 1. The number of halogens is 1. The van der Waals surface area contributed by atoms with Gasteiger partial charge in [-0.05, 0) is 44.9 Å². The number of piperidine rings is 1. The summed E-state index contributed by atoms with van der Waals surface area (Å²) in [6.07, 6.45) is 1.98. The van der Waals surface area contributed by atoms with Crippen LogP contribution in [0.4, 0.5) is 11.8 Å². The molecule has 1 saturated heterocycles. The lowest BCUT2D eigenvalue weighted by Gasteiger charge is -2.33. The summed E-state index contributed by atoms with van der Waals surface area (Å²) in [5, 5.41) is 8.11. The van der Waals surface area contributed by atoms with E-state index in [9.17, 15) is 4.79 Å². The van der Waals surface area contributed by atoms with Crippen molar-refractivity contribution in [3.63, 3.8) is 0 Å². The van der Waals surface area contributed by atoms with Crippen LogP contribution in [0.1, 0.15) is 42.8 Å². The minimum absolute atomic E-state index is 0.121. The molecule has 3 heterocycles. The lowest BCUT2D eigenvalue weighted by atomic mass is 9.92. The first-order valence-corrected chi connectivity index (χ1v) is 10.2. The molecule has 2 aromatic heterocycles. The summed E-state index contributed by atoms with van der Waals surface area (Å²) in [6.45, 7) is 7.34. The molecular formula is C21H25ClN6O. The molecule has 1 fully saturated rings. The molecule has 29 heavy (non-hydrogen) atoms. The molecular weight excluding hydrogens is 388 g/mol. The molecule has 0 saturated carbocycles.